The highest BCUT2D eigenvalue weighted by atomic mass is 19.4. The molecule has 1 aromatic rings. The summed E-state index contributed by atoms with van der Waals surface area (Å²) in [5.41, 5.74) is 1.64. The Bertz CT molecular complexity index is 391. The molecule has 0 unspecified atom stereocenters. The van der Waals surface area contributed by atoms with Crippen LogP contribution in [0, 0.1) is 0 Å². The lowest BCUT2D eigenvalue weighted by molar-refractivity contribution is -0.119. The van der Waals surface area contributed by atoms with Crippen molar-refractivity contribution >= 4 is 5.69 Å². The van der Waals surface area contributed by atoms with Crippen molar-refractivity contribution in [3.8, 4) is 0 Å². The van der Waals surface area contributed by atoms with Gasteiger partial charge in [0.05, 0.1) is 0 Å². The van der Waals surface area contributed by atoms with Crippen LogP contribution in [0.25, 0.3) is 0 Å². The lowest BCUT2D eigenvalue weighted by atomic mass is 10.1. The molecule has 0 aliphatic carbocycles. The summed E-state index contributed by atoms with van der Waals surface area (Å²) in [5.74, 6) is 0. The molecule has 0 atom stereocenters. The van der Waals surface area contributed by atoms with Crippen molar-refractivity contribution < 1.29 is 13.2 Å². The predicted molar refractivity (Wildman–Crippen MR) is 72.4 cm³/mol. The molecule has 0 bridgehead atoms. The third-order valence-corrected chi connectivity index (χ3v) is 2.62. The molecule has 5 heteroatoms. The highest BCUT2D eigenvalue weighted by Crippen LogP contribution is 2.21. The number of benzene rings is 1. The van der Waals surface area contributed by atoms with Gasteiger partial charge in [-0.05, 0) is 38.5 Å². The lowest BCUT2D eigenvalue weighted by Crippen LogP contribution is -2.35. The molecule has 1 aromatic carbocycles. The summed E-state index contributed by atoms with van der Waals surface area (Å²) in [6.45, 7) is 5.97. The van der Waals surface area contributed by atoms with Gasteiger partial charge >= 0.3 is 6.18 Å². The highest BCUT2D eigenvalue weighted by Gasteiger charge is 2.29. The average molecular weight is 274 g/mol. The van der Waals surface area contributed by atoms with Crippen LogP contribution in [-0.4, -0.2) is 25.3 Å². The molecule has 0 fully saturated rings. The monoisotopic (exact) mass is 274 g/mol. The van der Waals surface area contributed by atoms with E-state index in [1.54, 1.807) is 12.1 Å². The van der Waals surface area contributed by atoms with E-state index in [2.05, 4.69) is 26.1 Å². The maximum atomic E-state index is 12.3. The molecule has 0 radical (unpaired) electrons. The first-order valence-corrected chi connectivity index (χ1v) is 6.19. The van der Waals surface area contributed by atoms with Crippen molar-refractivity contribution in [2.24, 2.45) is 0 Å². The van der Waals surface area contributed by atoms with Crippen LogP contribution in [-0.2, 0) is 6.54 Å². The third-order valence-electron chi connectivity index (χ3n) is 2.62. The van der Waals surface area contributed by atoms with Crippen LogP contribution >= 0.6 is 0 Å². The quantitative estimate of drug-likeness (QED) is 0.903. The second kappa shape index (κ2) is 5.82. The maximum Gasteiger partial charge on any atom is 0.405 e. The molecule has 0 heterocycles. The van der Waals surface area contributed by atoms with Crippen LogP contribution in [0.2, 0.25) is 0 Å². The largest absolute Gasteiger partial charge is 0.405 e. The standard InChI is InChI=1S/C14H21F3N2/c1-13(2,3)18-9-11-5-7-12(8-6-11)19(4)10-14(15,16)17/h5-8,18H,9-10H2,1-4H3. The minimum absolute atomic E-state index is 0.0196. The first-order chi connectivity index (χ1) is 8.57. The van der Waals surface area contributed by atoms with Gasteiger partial charge in [-0.1, -0.05) is 12.1 Å². The van der Waals surface area contributed by atoms with Gasteiger partial charge in [0.1, 0.15) is 6.54 Å². The summed E-state index contributed by atoms with van der Waals surface area (Å²) in [6.07, 6.45) is -4.18. The summed E-state index contributed by atoms with van der Waals surface area (Å²) in [7, 11) is 1.44. The molecule has 2 nitrogen and oxygen atoms in total. The van der Waals surface area contributed by atoms with Crippen LogP contribution in [0.3, 0.4) is 0 Å². The van der Waals surface area contributed by atoms with Gasteiger partial charge in [0, 0.05) is 24.8 Å². The van der Waals surface area contributed by atoms with E-state index < -0.39 is 12.7 Å². The Hall–Kier alpha value is -1.23. The van der Waals surface area contributed by atoms with Crippen LogP contribution < -0.4 is 10.2 Å². The molecule has 0 aliphatic rings. The van der Waals surface area contributed by atoms with Crippen LogP contribution in [0.1, 0.15) is 26.3 Å². The summed E-state index contributed by atoms with van der Waals surface area (Å²) in [6, 6.07) is 7.12. The Kier molecular flexibility index (Phi) is 4.85. The smallest absolute Gasteiger partial charge is 0.366 e. The van der Waals surface area contributed by atoms with Crippen molar-refractivity contribution in [3.05, 3.63) is 29.8 Å². The number of nitrogens with zero attached hydrogens (tertiary/aromatic N) is 1. The second-order valence-electron chi connectivity index (χ2n) is 5.74. The Morgan fingerprint density at radius 1 is 1.05 bits per heavy atom. The molecule has 0 saturated carbocycles. The molecule has 19 heavy (non-hydrogen) atoms. The zero-order chi connectivity index (χ0) is 14.7. The van der Waals surface area contributed by atoms with E-state index in [1.807, 2.05) is 12.1 Å². The molecule has 0 saturated heterocycles. The van der Waals surface area contributed by atoms with Crippen LogP contribution in [0.15, 0.2) is 24.3 Å². The number of anilines is 1. The third kappa shape index (κ3) is 6.47. The fourth-order valence-corrected chi connectivity index (χ4v) is 1.60. The minimum atomic E-state index is -4.18. The fourth-order valence-electron chi connectivity index (χ4n) is 1.60. The summed E-state index contributed by atoms with van der Waals surface area (Å²) in [4.78, 5) is 1.20. The Morgan fingerprint density at radius 3 is 2.00 bits per heavy atom. The molecule has 0 aliphatic heterocycles. The van der Waals surface area contributed by atoms with Gasteiger partial charge in [-0.25, -0.2) is 0 Å². The van der Waals surface area contributed by atoms with Gasteiger partial charge in [0.2, 0.25) is 0 Å². The number of alkyl halides is 3. The SMILES string of the molecule is CN(CC(F)(F)F)c1ccc(CNC(C)(C)C)cc1. The molecule has 1 rings (SSSR count). The van der Waals surface area contributed by atoms with E-state index in [-0.39, 0.29) is 5.54 Å². The van der Waals surface area contributed by atoms with Crippen molar-refractivity contribution in [2.75, 3.05) is 18.5 Å². The topological polar surface area (TPSA) is 15.3 Å². The Balaban J connectivity index is 2.61. The molecule has 0 spiro atoms. The van der Waals surface area contributed by atoms with Gasteiger partial charge < -0.3 is 10.2 Å². The second-order valence-corrected chi connectivity index (χ2v) is 5.74. The number of halogens is 3. The van der Waals surface area contributed by atoms with Crippen LogP contribution in [0.5, 0.6) is 0 Å². The van der Waals surface area contributed by atoms with Gasteiger partial charge in [-0.15, -0.1) is 0 Å². The fraction of sp³-hybridized carbons (Fsp3) is 0.571. The molecule has 1 N–H and O–H groups in total. The first-order valence-electron chi connectivity index (χ1n) is 6.19. The number of hydrogen-bond donors (Lipinski definition) is 1. The Labute approximate surface area is 112 Å². The van der Waals surface area contributed by atoms with Gasteiger partial charge in [-0.3, -0.25) is 0 Å². The number of rotatable bonds is 4. The van der Waals surface area contributed by atoms with E-state index in [9.17, 15) is 13.2 Å². The molecule has 0 amide bonds. The van der Waals surface area contributed by atoms with E-state index in [0.29, 0.717) is 12.2 Å². The minimum Gasteiger partial charge on any atom is -0.366 e. The summed E-state index contributed by atoms with van der Waals surface area (Å²) >= 11 is 0. The zero-order valence-corrected chi connectivity index (χ0v) is 11.8. The normalized spacial score (nSPS) is 12.6. The first kappa shape index (κ1) is 15.8. The average Bonchev–Trinajstić information content (AvgIpc) is 2.23. The van der Waals surface area contributed by atoms with Crippen molar-refractivity contribution in [1.29, 1.82) is 0 Å². The van der Waals surface area contributed by atoms with E-state index in [1.165, 1.54) is 11.9 Å². The highest BCUT2D eigenvalue weighted by molar-refractivity contribution is 5.47. The van der Waals surface area contributed by atoms with Gasteiger partial charge in [0.15, 0.2) is 0 Å². The van der Waals surface area contributed by atoms with Crippen LogP contribution in [0.4, 0.5) is 18.9 Å². The molecule has 0 aromatic heterocycles. The van der Waals surface area contributed by atoms with Gasteiger partial charge in [0.25, 0.3) is 0 Å². The van der Waals surface area contributed by atoms with E-state index >= 15 is 0 Å². The summed E-state index contributed by atoms with van der Waals surface area (Å²) in [5, 5.41) is 3.33. The molecule has 108 valence electrons. The Morgan fingerprint density at radius 2 is 1.58 bits per heavy atom. The van der Waals surface area contributed by atoms with Crippen molar-refractivity contribution in [1.82, 2.24) is 5.32 Å². The zero-order valence-electron chi connectivity index (χ0n) is 11.8. The van der Waals surface area contributed by atoms with Gasteiger partial charge in [-0.2, -0.15) is 13.2 Å². The van der Waals surface area contributed by atoms with Crippen molar-refractivity contribution in [3.63, 3.8) is 0 Å². The van der Waals surface area contributed by atoms with E-state index in [0.717, 1.165) is 5.56 Å². The number of nitrogens with one attached hydrogen (secondary N) is 1. The lowest BCUT2D eigenvalue weighted by Gasteiger charge is -2.22. The van der Waals surface area contributed by atoms with Crippen molar-refractivity contribution in [2.45, 2.75) is 39.0 Å². The molecular formula is C14H21F3N2. The molecular weight excluding hydrogens is 253 g/mol. The summed E-state index contributed by atoms with van der Waals surface area (Å²) < 4.78 is 36.8. The predicted octanol–water partition coefficient (Wildman–Crippen LogP) is 3.57. The van der Waals surface area contributed by atoms with E-state index in [4.69, 9.17) is 0 Å². The number of hydrogen-bond acceptors (Lipinski definition) is 2. The maximum absolute atomic E-state index is 12.3.